The lowest BCUT2D eigenvalue weighted by molar-refractivity contribution is -0.134. The highest BCUT2D eigenvalue weighted by molar-refractivity contribution is 5.78. The first kappa shape index (κ1) is 20.1. The van der Waals surface area contributed by atoms with Crippen LogP contribution in [0.3, 0.4) is 0 Å². The van der Waals surface area contributed by atoms with Crippen molar-refractivity contribution in [3.05, 3.63) is 23.3 Å². The summed E-state index contributed by atoms with van der Waals surface area (Å²) in [5, 5.41) is 0. The standard InChI is InChI=1S/C20H30N2O4/c1-14(2)12-21(15(3)23)9-7-20(24)22-8-6-16-10-18(25-4)19(26-5)11-17(16)13-22/h10-11,14H,6-9,12-13H2,1-5H3. The second-order valence-electron chi connectivity index (χ2n) is 7.15. The Morgan fingerprint density at radius 3 is 2.31 bits per heavy atom. The molecular weight excluding hydrogens is 332 g/mol. The van der Waals surface area contributed by atoms with Crippen LogP contribution in [-0.4, -0.2) is 55.5 Å². The molecule has 2 amide bonds. The minimum atomic E-state index is 0.0207. The van der Waals surface area contributed by atoms with Crippen LogP contribution in [0.2, 0.25) is 0 Å². The third-order valence-corrected chi connectivity index (χ3v) is 4.70. The second-order valence-corrected chi connectivity index (χ2v) is 7.15. The van der Waals surface area contributed by atoms with Gasteiger partial charge in [0.25, 0.3) is 0 Å². The maximum atomic E-state index is 12.6. The van der Waals surface area contributed by atoms with E-state index in [0.717, 1.165) is 17.7 Å². The third kappa shape index (κ3) is 4.90. The van der Waals surface area contributed by atoms with E-state index in [9.17, 15) is 9.59 Å². The van der Waals surface area contributed by atoms with Crippen molar-refractivity contribution in [3.63, 3.8) is 0 Å². The summed E-state index contributed by atoms with van der Waals surface area (Å²) in [6.07, 6.45) is 1.15. The largest absolute Gasteiger partial charge is 0.493 e. The van der Waals surface area contributed by atoms with Crippen LogP contribution >= 0.6 is 0 Å². The molecule has 0 spiro atoms. The molecule has 1 aromatic rings. The number of nitrogens with zero attached hydrogens (tertiary/aromatic N) is 2. The lowest BCUT2D eigenvalue weighted by atomic mass is 9.98. The van der Waals surface area contributed by atoms with Gasteiger partial charge in [-0.05, 0) is 35.6 Å². The van der Waals surface area contributed by atoms with Gasteiger partial charge in [0.05, 0.1) is 14.2 Å². The fourth-order valence-corrected chi connectivity index (χ4v) is 3.30. The average Bonchev–Trinajstić information content (AvgIpc) is 2.62. The van der Waals surface area contributed by atoms with E-state index in [0.29, 0.717) is 44.3 Å². The van der Waals surface area contributed by atoms with Crippen LogP contribution in [0.5, 0.6) is 11.5 Å². The quantitative estimate of drug-likeness (QED) is 0.748. The van der Waals surface area contributed by atoms with Crippen LogP contribution in [0.15, 0.2) is 12.1 Å². The van der Waals surface area contributed by atoms with Crippen LogP contribution in [0.1, 0.15) is 38.3 Å². The molecule has 0 atom stereocenters. The zero-order chi connectivity index (χ0) is 19.3. The number of rotatable bonds is 7. The molecule has 1 heterocycles. The smallest absolute Gasteiger partial charge is 0.224 e. The highest BCUT2D eigenvalue weighted by atomic mass is 16.5. The molecule has 0 radical (unpaired) electrons. The summed E-state index contributed by atoms with van der Waals surface area (Å²) >= 11 is 0. The number of carbonyl (C=O) groups excluding carboxylic acids is 2. The third-order valence-electron chi connectivity index (χ3n) is 4.70. The number of methoxy groups -OCH3 is 2. The van der Waals surface area contributed by atoms with E-state index < -0.39 is 0 Å². The molecule has 1 aliphatic heterocycles. The van der Waals surface area contributed by atoms with Crippen molar-refractivity contribution in [3.8, 4) is 11.5 Å². The Morgan fingerprint density at radius 1 is 1.15 bits per heavy atom. The molecule has 0 bridgehead atoms. The van der Waals surface area contributed by atoms with Crippen LogP contribution in [-0.2, 0) is 22.6 Å². The van der Waals surface area contributed by atoms with Gasteiger partial charge < -0.3 is 19.3 Å². The van der Waals surface area contributed by atoms with Gasteiger partial charge in [-0.15, -0.1) is 0 Å². The summed E-state index contributed by atoms with van der Waals surface area (Å²) in [6, 6.07) is 3.95. The molecule has 2 rings (SSSR count). The minimum absolute atomic E-state index is 0.0207. The summed E-state index contributed by atoms with van der Waals surface area (Å²) in [6.45, 7) is 8.11. The zero-order valence-corrected chi connectivity index (χ0v) is 16.5. The van der Waals surface area contributed by atoms with Gasteiger partial charge in [-0.3, -0.25) is 9.59 Å². The van der Waals surface area contributed by atoms with E-state index in [1.807, 2.05) is 17.0 Å². The van der Waals surface area contributed by atoms with E-state index >= 15 is 0 Å². The fraction of sp³-hybridized carbons (Fsp3) is 0.600. The van der Waals surface area contributed by atoms with Crippen molar-refractivity contribution >= 4 is 11.8 Å². The maximum Gasteiger partial charge on any atom is 0.224 e. The normalized spacial score (nSPS) is 13.4. The van der Waals surface area contributed by atoms with E-state index in [1.165, 1.54) is 5.56 Å². The van der Waals surface area contributed by atoms with Gasteiger partial charge in [0.2, 0.25) is 11.8 Å². The van der Waals surface area contributed by atoms with Crippen LogP contribution in [0, 0.1) is 5.92 Å². The summed E-state index contributed by atoms with van der Waals surface area (Å²) in [5.41, 5.74) is 2.28. The van der Waals surface area contributed by atoms with Gasteiger partial charge in [-0.1, -0.05) is 13.8 Å². The Morgan fingerprint density at radius 2 is 1.77 bits per heavy atom. The molecule has 0 fully saturated rings. The lowest BCUT2D eigenvalue weighted by Crippen LogP contribution is -2.39. The lowest BCUT2D eigenvalue weighted by Gasteiger charge is -2.31. The Labute approximate surface area is 156 Å². The molecule has 1 aliphatic rings. The Bertz CT molecular complexity index is 657. The molecule has 0 aliphatic carbocycles. The highest BCUT2D eigenvalue weighted by Gasteiger charge is 2.23. The number of benzene rings is 1. The van der Waals surface area contributed by atoms with Crippen molar-refractivity contribution in [2.24, 2.45) is 5.92 Å². The monoisotopic (exact) mass is 362 g/mol. The molecule has 0 saturated carbocycles. The molecule has 0 saturated heterocycles. The topological polar surface area (TPSA) is 59.1 Å². The Hall–Kier alpha value is -2.24. The second kappa shape index (κ2) is 8.92. The SMILES string of the molecule is COc1cc2c(cc1OC)CN(C(=O)CCN(CC(C)C)C(C)=O)CC2. The first-order valence-corrected chi connectivity index (χ1v) is 9.12. The molecular formula is C20H30N2O4. The van der Waals surface area contributed by atoms with Crippen molar-refractivity contribution in [2.75, 3.05) is 33.9 Å². The maximum absolute atomic E-state index is 12.6. The van der Waals surface area contributed by atoms with Crippen LogP contribution in [0.25, 0.3) is 0 Å². The van der Waals surface area contributed by atoms with Gasteiger partial charge in [0.1, 0.15) is 0 Å². The van der Waals surface area contributed by atoms with E-state index in [2.05, 4.69) is 13.8 Å². The summed E-state index contributed by atoms with van der Waals surface area (Å²) in [5.74, 6) is 1.89. The van der Waals surface area contributed by atoms with Crippen molar-refractivity contribution in [1.29, 1.82) is 0 Å². The molecule has 6 heteroatoms. The summed E-state index contributed by atoms with van der Waals surface area (Å²) < 4.78 is 10.7. The van der Waals surface area contributed by atoms with Crippen molar-refractivity contribution < 1.29 is 19.1 Å². The Kier molecular flexibility index (Phi) is 6.89. The van der Waals surface area contributed by atoms with Gasteiger partial charge >= 0.3 is 0 Å². The van der Waals surface area contributed by atoms with Gasteiger partial charge in [0.15, 0.2) is 11.5 Å². The number of amides is 2. The zero-order valence-electron chi connectivity index (χ0n) is 16.5. The summed E-state index contributed by atoms with van der Waals surface area (Å²) in [7, 11) is 3.24. The predicted molar refractivity (Wildman–Crippen MR) is 100 cm³/mol. The molecule has 0 aromatic heterocycles. The van der Waals surface area contributed by atoms with Crippen LogP contribution in [0.4, 0.5) is 0 Å². The van der Waals surface area contributed by atoms with E-state index in [4.69, 9.17) is 9.47 Å². The molecule has 0 N–H and O–H groups in total. The molecule has 1 aromatic carbocycles. The van der Waals surface area contributed by atoms with Crippen molar-refractivity contribution in [2.45, 2.75) is 40.2 Å². The first-order chi connectivity index (χ1) is 12.3. The number of fused-ring (bicyclic) bond motifs is 1. The van der Waals surface area contributed by atoms with E-state index in [-0.39, 0.29) is 11.8 Å². The summed E-state index contributed by atoms with van der Waals surface area (Å²) in [4.78, 5) is 28.0. The molecule has 0 unspecified atom stereocenters. The molecule has 26 heavy (non-hydrogen) atoms. The molecule has 6 nitrogen and oxygen atoms in total. The number of ether oxygens (including phenoxy) is 2. The van der Waals surface area contributed by atoms with Gasteiger partial charge in [-0.2, -0.15) is 0 Å². The van der Waals surface area contributed by atoms with Crippen molar-refractivity contribution in [1.82, 2.24) is 9.80 Å². The number of hydrogen-bond donors (Lipinski definition) is 0. The molecule has 144 valence electrons. The number of carbonyl (C=O) groups is 2. The first-order valence-electron chi connectivity index (χ1n) is 9.12. The Balaban J connectivity index is 2.01. The van der Waals surface area contributed by atoms with E-state index in [1.54, 1.807) is 26.0 Å². The van der Waals surface area contributed by atoms with Crippen LogP contribution < -0.4 is 9.47 Å². The van der Waals surface area contributed by atoms with Gasteiger partial charge in [0, 0.05) is 39.5 Å². The fourth-order valence-electron chi connectivity index (χ4n) is 3.30. The van der Waals surface area contributed by atoms with Gasteiger partial charge in [-0.25, -0.2) is 0 Å². The predicted octanol–water partition coefficient (Wildman–Crippen LogP) is 2.48. The average molecular weight is 362 g/mol. The highest BCUT2D eigenvalue weighted by Crippen LogP contribution is 2.33. The minimum Gasteiger partial charge on any atom is -0.493 e. The number of hydrogen-bond acceptors (Lipinski definition) is 4.